The van der Waals surface area contributed by atoms with E-state index < -0.39 is 0 Å². The van der Waals surface area contributed by atoms with Gasteiger partial charge in [-0.1, -0.05) is 12.8 Å². The quantitative estimate of drug-likeness (QED) is 0.797. The van der Waals surface area contributed by atoms with Crippen LogP contribution in [0.15, 0.2) is 10.8 Å². The molecule has 1 aliphatic carbocycles. The summed E-state index contributed by atoms with van der Waals surface area (Å²) in [6.07, 6.45) is 4.20. The number of methoxy groups -OCH3 is 1. The summed E-state index contributed by atoms with van der Waals surface area (Å²) in [5.74, 6) is -0.399. The van der Waals surface area contributed by atoms with Crippen LogP contribution in [0.2, 0.25) is 0 Å². The molecule has 1 aromatic rings. The average molecular weight is 281 g/mol. The SMILES string of the molecule is COC(=O)CN(C(=O)c1cscc1C)C1CCCC1. The maximum Gasteiger partial charge on any atom is 0.325 e. The topological polar surface area (TPSA) is 46.6 Å². The molecule has 0 atom stereocenters. The van der Waals surface area contributed by atoms with Crippen LogP contribution in [0.1, 0.15) is 41.6 Å². The molecule has 1 aromatic heterocycles. The summed E-state index contributed by atoms with van der Waals surface area (Å²) in [6, 6.07) is 0.172. The van der Waals surface area contributed by atoms with Crippen LogP contribution in [0, 0.1) is 6.92 Å². The highest BCUT2D eigenvalue weighted by Crippen LogP contribution is 2.26. The van der Waals surface area contributed by atoms with E-state index in [1.54, 1.807) is 4.90 Å². The molecule has 1 amide bonds. The van der Waals surface area contributed by atoms with Gasteiger partial charge in [0.25, 0.3) is 5.91 Å². The fraction of sp³-hybridized carbons (Fsp3) is 0.571. The summed E-state index contributed by atoms with van der Waals surface area (Å²) >= 11 is 1.52. The van der Waals surface area contributed by atoms with Gasteiger partial charge < -0.3 is 9.64 Å². The Balaban J connectivity index is 2.18. The van der Waals surface area contributed by atoms with Crippen molar-refractivity contribution >= 4 is 23.2 Å². The first kappa shape index (κ1) is 14.1. The largest absolute Gasteiger partial charge is 0.468 e. The minimum atomic E-state index is -0.354. The van der Waals surface area contributed by atoms with E-state index in [-0.39, 0.29) is 24.5 Å². The molecule has 1 heterocycles. The average Bonchev–Trinajstić information content (AvgIpc) is 3.05. The van der Waals surface area contributed by atoms with Crippen molar-refractivity contribution in [3.63, 3.8) is 0 Å². The Morgan fingerprint density at radius 1 is 1.37 bits per heavy atom. The lowest BCUT2D eigenvalue weighted by atomic mass is 10.1. The Morgan fingerprint density at radius 3 is 2.58 bits per heavy atom. The lowest BCUT2D eigenvalue weighted by molar-refractivity contribution is -0.141. The molecule has 1 fully saturated rings. The zero-order valence-electron chi connectivity index (χ0n) is 11.3. The van der Waals surface area contributed by atoms with Gasteiger partial charge in [-0.25, -0.2) is 0 Å². The number of rotatable bonds is 4. The fourth-order valence-electron chi connectivity index (χ4n) is 2.52. The summed E-state index contributed by atoms with van der Waals surface area (Å²) < 4.78 is 4.71. The number of esters is 1. The summed E-state index contributed by atoms with van der Waals surface area (Å²) in [4.78, 5) is 25.8. The molecule has 19 heavy (non-hydrogen) atoms. The minimum absolute atomic E-state index is 0.0453. The summed E-state index contributed by atoms with van der Waals surface area (Å²) in [6.45, 7) is 1.98. The summed E-state index contributed by atoms with van der Waals surface area (Å²) in [5, 5.41) is 3.81. The molecule has 0 radical (unpaired) electrons. The van der Waals surface area contributed by atoms with E-state index in [0.29, 0.717) is 5.56 Å². The van der Waals surface area contributed by atoms with Crippen molar-refractivity contribution in [1.29, 1.82) is 0 Å². The van der Waals surface area contributed by atoms with E-state index in [4.69, 9.17) is 4.74 Å². The molecule has 0 spiro atoms. The van der Waals surface area contributed by atoms with Crippen molar-refractivity contribution < 1.29 is 14.3 Å². The Labute approximate surface area is 117 Å². The number of hydrogen-bond donors (Lipinski definition) is 0. The van der Waals surface area contributed by atoms with Gasteiger partial charge in [-0.15, -0.1) is 0 Å². The van der Waals surface area contributed by atoms with E-state index in [0.717, 1.165) is 31.2 Å². The lowest BCUT2D eigenvalue weighted by Crippen LogP contribution is -2.42. The molecule has 5 heteroatoms. The third-order valence-corrected chi connectivity index (χ3v) is 4.50. The molecule has 1 saturated carbocycles. The molecule has 1 aliphatic rings. The summed E-state index contributed by atoms with van der Waals surface area (Å²) in [5.41, 5.74) is 1.68. The highest BCUT2D eigenvalue weighted by atomic mass is 32.1. The van der Waals surface area contributed by atoms with Gasteiger partial charge in [0.1, 0.15) is 6.54 Å². The molecule has 4 nitrogen and oxygen atoms in total. The number of amides is 1. The van der Waals surface area contributed by atoms with Crippen LogP contribution >= 0.6 is 11.3 Å². The standard InChI is InChI=1S/C14H19NO3S/c1-10-8-19-9-12(10)14(17)15(7-13(16)18-2)11-5-3-4-6-11/h8-9,11H,3-7H2,1-2H3. The van der Waals surface area contributed by atoms with Gasteiger partial charge in [-0.05, 0) is 30.7 Å². The van der Waals surface area contributed by atoms with Crippen LogP contribution in [0.5, 0.6) is 0 Å². The van der Waals surface area contributed by atoms with Crippen LogP contribution in [-0.2, 0) is 9.53 Å². The highest BCUT2D eigenvalue weighted by Gasteiger charge is 2.30. The normalized spacial score (nSPS) is 15.5. The highest BCUT2D eigenvalue weighted by molar-refractivity contribution is 7.08. The van der Waals surface area contributed by atoms with Crippen molar-refractivity contribution in [3.05, 3.63) is 21.9 Å². The van der Waals surface area contributed by atoms with Crippen molar-refractivity contribution in [3.8, 4) is 0 Å². The molecule has 0 saturated heterocycles. The van der Waals surface area contributed by atoms with Crippen molar-refractivity contribution in [2.24, 2.45) is 0 Å². The lowest BCUT2D eigenvalue weighted by Gasteiger charge is -2.27. The fourth-order valence-corrected chi connectivity index (χ4v) is 3.34. The van der Waals surface area contributed by atoms with Gasteiger partial charge in [0.2, 0.25) is 0 Å². The Bertz CT molecular complexity index is 463. The molecule has 2 rings (SSSR count). The molecule has 0 unspecified atom stereocenters. The zero-order valence-corrected chi connectivity index (χ0v) is 12.2. The smallest absolute Gasteiger partial charge is 0.325 e. The van der Waals surface area contributed by atoms with E-state index in [1.165, 1.54) is 18.4 Å². The molecule has 104 valence electrons. The molecular weight excluding hydrogens is 262 g/mol. The van der Waals surface area contributed by atoms with Crippen molar-refractivity contribution in [1.82, 2.24) is 4.90 Å². The predicted molar refractivity (Wildman–Crippen MR) is 74.4 cm³/mol. The van der Waals surface area contributed by atoms with Gasteiger partial charge in [0.05, 0.1) is 12.7 Å². The minimum Gasteiger partial charge on any atom is -0.468 e. The predicted octanol–water partition coefficient (Wildman–Crippen LogP) is 2.61. The van der Waals surface area contributed by atoms with Crippen LogP contribution in [0.4, 0.5) is 0 Å². The van der Waals surface area contributed by atoms with E-state index >= 15 is 0 Å². The first-order valence-corrected chi connectivity index (χ1v) is 7.48. The van der Waals surface area contributed by atoms with Gasteiger partial charge in [0.15, 0.2) is 0 Å². The number of nitrogens with zero attached hydrogens (tertiary/aromatic N) is 1. The Kier molecular flexibility index (Phi) is 4.58. The molecule has 0 aromatic carbocycles. The third kappa shape index (κ3) is 3.15. The number of thiophene rings is 1. The Hall–Kier alpha value is -1.36. The summed E-state index contributed by atoms with van der Waals surface area (Å²) in [7, 11) is 1.36. The van der Waals surface area contributed by atoms with Crippen LogP contribution in [0.25, 0.3) is 0 Å². The van der Waals surface area contributed by atoms with E-state index in [2.05, 4.69) is 0 Å². The number of hydrogen-bond acceptors (Lipinski definition) is 4. The van der Waals surface area contributed by atoms with Gasteiger partial charge in [-0.3, -0.25) is 9.59 Å². The third-order valence-electron chi connectivity index (χ3n) is 3.64. The monoisotopic (exact) mass is 281 g/mol. The second-order valence-corrected chi connectivity index (χ2v) is 5.66. The van der Waals surface area contributed by atoms with Crippen molar-refractivity contribution in [2.45, 2.75) is 38.6 Å². The second kappa shape index (κ2) is 6.19. The molecule has 0 aliphatic heterocycles. The van der Waals surface area contributed by atoms with Crippen LogP contribution in [-0.4, -0.2) is 36.5 Å². The first-order chi connectivity index (χ1) is 9.13. The van der Waals surface area contributed by atoms with E-state index in [1.807, 2.05) is 17.7 Å². The number of aryl methyl sites for hydroxylation is 1. The number of carbonyl (C=O) groups excluding carboxylic acids is 2. The van der Waals surface area contributed by atoms with Crippen molar-refractivity contribution in [2.75, 3.05) is 13.7 Å². The van der Waals surface area contributed by atoms with Gasteiger partial charge in [0, 0.05) is 11.4 Å². The van der Waals surface area contributed by atoms with Crippen LogP contribution in [0.3, 0.4) is 0 Å². The van der Waals surface area contributed by atoms with Gasteiger partial charge in [-0.2, -0.15) is 11.3 Å². The maximum atomic E-state index is 12.6. The van der Waals surface area contributed by atoms with Gasteiger partial charge >= 0.3 is 5.97 Å². The number of ether oxygens (including phenoxy) is 1. The second-order valence-electron chi connectivity index (χ2n) is 4.92. The molecule has 0 bridgehead atoms. The molecule has 0 N–H and O–H groups in total. The van der Waals surface area contributed by atoms with Crippen LogP contribution < -0.4 is 0 Å². The number of carbonyl (C=O) groups is 2. The van der Waals surface area contributed by atoms with E-state index in [9.17, 15) is 9.59 Å². The zero-order chi connectivity index (χ0) is 13.8. The maximum absolute atomic E-state index is 12.6. The Morgan fingerprint density at radius 2 is 2.05 bits per heavy atom. The molecular formula is C14H19NO3S. The first-order valence-electron chi connectivity index (χ1n) is 6.54.